The molecular formula is C20H19BrN2O5S. The van der Waals surface area contributed by atoms with Crippen molar-refractivity contribution in [3.63, 3.8) is 0 Å². The number of halogens is 1. The van der Waals surface area contributed by atoms with E-state index in [1.807, 2.05) is 0 Å². The van der Waals surface area contributed by atoms with Gasteiger partial charge in [0.1, 0.15) is 5.75 Å². The van der Waals surface area contributed by atoms with Gasteiger partial charge in [0.2, 0.25) is 17.7 Å². The normalized spacial score (nSPS) is 14.7. The van der Waals surface area contributed by atoms with Crippen LogP contribution >= 0.6 is 15.9 Å². The summed E-state index contributed by atoms with van der Waals surface area (Å²) in [6, 6.07) is 13.1. The number of sulfone groups is 1. The summed E-state index contributed by atoms with van der Waals surface area (Å²) in [6.45, 7) is 0. The fourth-order valence-corrected chi connectivity index (χ4v) is 4.77. The summed E-state index contributed by atoms with van der Waals surface area (Å²) in [7, 11) is -3.64. The van der Waals surface area contributed by atoms with Gasteiger partial charge in [0.05, 0.1) is 11.4 Å². The average Bonchev–Trinajstić information content (AvgIpc) is 2.62. The maximum Gasteiger partial charge on any atom is 0.239 e. The van der Waals surface area contributed by atoms with Gasteiger partial charge in [0.25, 0.3) is 0 Å². The molecule has 9 heteroatoms. The second-order valence-electron chi connectivity index (χ2n) is 6.73. The molecule has 0 radical (unpaired) electrons. The van der Waals surface area contributed by atoms with Crippen molar-refractivity contribution in [3.05, 3.63) is 58.6 Å². The lowest BCUT2D eigenvalue weighted by atomic mass is 10.1. The minimum Gasteiger partial charge on any atom is -0.325 e. The Balaban J connectivity index is 1.61. The Hall–Kier alpha value is -2.52. The molecule has 7 nitrogen and oxygen atoms in total. The standard InChI is InChI=1S/C20H19BrN2O5S/c21-15-4-1-3-14(11-15)12-29(27,28)13-18(24)22-16-7-9-17(10-8-16)23-19(25)5-2-6-20(23)26/h1,3-4,7-11H,2,5-6,12-13H2,(H,22,24). The Morgan fingerprint density at radius 3 is 2.31 bits per heavy atom. The predicted molar refractivity (Wildman–Crippen MR) is 113 cm³/mol. The zero-order chi connectivity index (χ0) is 21.0. The summed E-state index contributed by atoms with van der Waals surface area (Å²) in [6.07, 6.45) is 1.19. The molecule has 1 fully saturated rings. The van der Waals surface area contributed by atoms with Gasteiger partial charge in [-0.15, -0.1) is 0 Å². The summed E-state index contributed by atoms with van der Waals surface area (Å²) in [5.74, 6) is -2.05. The van der Waals surface area contributed by atoms with Crippen molar-refractivity contribution < 1.29 is 22.8 Å². The van der Waals surface area contributed by atoms with E-state index >= 15 is 0 Å². The van der Waals surface area contributed by atoms with E-state index < -0.39 is 21.5 Å². The lowest BCUT2D eigenvalue weighted by molar-refractivity contribution is -0.129. The second kappa shape index (κ2) is 8.87. The molecule has 1 aliphatic rings. The molecule has 1 aliphatic heterocycles. The molecule has 152 valence electrons. The van der Waals surface area contributed by atoms with Gasteiger partial charge in [-0.05, 0) is 48.4 Å². The molecule has 0 aliphatic carbocycles. The third kappa shape index (κ3) is 5.74. The van der Waals surface area contributed by atoms with Crippen LogP contribution in [0.4, 0.5) is 11.4 Å². The lowest BCUT2D eigenvalue weighted by Crippen LogP contribution is -2.40. The SMILES string of the molecule is O=C(CS(=O)(=O)Cc1cccc(Br)c1)Nc1ccc(N2C(=O)CCCC2=O)cc1. The van der Waals surface area contributed by atoms with E-state index in [1.54, 1.807) is 36.4 Å². The molecule has 29 heavy (non-hydrogen) atoms. The van der Waals surface area contributed by atoms with E-state index in [-0.39, 0.29) is 17.6 Å². The molecule has 1 N–H and O–H groups in total. The number of amides is 3. The zero-order valence-electron chi connectivity index (χ0n) is 15.4. The monoisotopic (exact) mass is 478 g/mol. The molecule has 2 aromatic carbocycles. The van der Waals surface area contributed by atoms with Gasteiger partial charge in [-0.2, -0.15) is 0 Å². The Labute approximate surface area is 177 Å². The van der Waals surface area contributed by atoms with Crippen LogP contribution in [0.3, 0.4) is 0 Å². The Kier molecular flexibility index (Phi) is 6.49. The summed E-state index contributed by atoms with van der Waals surface area (Å²) in [5.41, 5.74) is 1.40. The van der Waals surface area contributed by atoms with E-state index in [0.29, 0.717) is 36.2 Å². The van der Waals surface area contributed by atoms with Crippen LogP contribution in [0, 0.1) is 0 Å². The van der Waals surface area contributed by atoms with Crippen LogP contribution in [0.5, 0.6) is 0 Å². The molecule has 0 bridgehead atoms. The summed E-state index contributed by atoms with van der Waals surface area (Å²) >= 11 is 3.29. The van der Waals surface area contributed by atoms with E-state index in [4.69, 9.17) is 0 Å². The Bertz CT molecular complexity index is 1030. The number of carbonyl (C=O) groups excluding carboxylic acids is 3. The van der Waals surface area contributed by atoms with Gasteiger partial charge >= 0.3 is 0 Å². The van der Waals surface area contributed by atoms with Gasteiger partial charge in [-0.25, -0.2) is 8.42 Å². The number of carbonyl (C=O) groups is 3. The van der Waals surface area contributed by atoms with Gasteiger partial charge in [0.15, 0.2) is 9.84 Å². The molecule has 0 unspecified atom stereocenters. The van der Waals surface area contributed by atoms with E-state index in [0.717, 1.165) is 9.37 Å². The van der Waals surface area contributed by atoms with Crippen molar-refractivity contribution in [1.82, 2.24) is 0 Å². The van der Waals surface area contributed by atoms with Crippen LogP contribution in [-0.2, 0) is 30.0 Å². The summed E-state index contributed by atoms with van der Waals surface area (Å²) in [5, 5.41) is 2.53. The molecule has 0 aromatic heterocycles. The summed E-state index contributed by atoms with van der Waals surface area (Å²) in [4.78, 5) is 37.2. The maximum atomic E-state index is 12.3. The first-order valence-corrected chi connectivity index (χ1v) is 11.6. The van der Waals surface area contributed by atoms with Crippen molar-refractivity contribution in [2.24, 2.45) is 0 Å². The van der Waals surface area contributed by atoms with Crippen LogP contribution < -0.4 is 10.2 Å². The van der Waals surface area contributed by atoms with E-state index in [9.17, 15) is 22.8 Å². The number of hydrogen-bond acceptors (Lipinski definition) is 5. The van der Waals surface area contributed by atoms with Crippen LogP contribution in [0.25, 0.3) is 0 Å². The molecule has 1 saturated heterocycles. The van der Waals surface area contributed by atoms with Gasteiger partial charge in [-0.1, -0.05) is 28.1 Å². The number of hydrogen-bond donors (Lipinski definition) is 1. The highest BCUT2D eigenvalue weighted by molar-refractivity contribution is 9.10. The first-order chi connectivity index (χ1) is 13.7. The minimum absolute atomic E-state index is 0.238. The predicted octanol–water partition coefficient (Wildman–Crippen LogP) is 3.05. The molecule has 3 amide bonds. The molecule has 2 aromatic rings. The molecule has 0 spiro atoms. The van der Waals surface area contributed by atoms with Gasteiger partial charge in [-0.3, -0.25) is 19.3 Å². The third-order valence-electron chi connectivity index (χ3n) is 4.32. The number of nitrogens with one attached hydrogen (secondary N) is 1. The lowest BCUT2D eigenvalue weighted by Gasteiger charge is -2.24. The topological polar surface area (TPSA) is 101 Å². The number of benzene rings is 2. The molecule has 0 saturated carbocycles. The quantitative estimate of drug-likeness (QED) is 0.642. The first-order valence-electron chi connectivity index (χ1n) is 8.94. The number of anilines is 2. The van der Waals surface area contributed by atoms with Crippen LogP contribution in [0.15, 0.2) is 53.0 Å². The van der Waals surface area contributed by atoms with Crippen LogP contribution in [0.1, 0.15) is 24.8 Å². The average molecular weight is 479 g/mol. The van der Waals surface area contributed by atoms with E-state index in [1.165, 1.54) is 12.1 Å². The highest BCUT2D eigenvalue weighted by atomic mass is 79.9. The highest BCUT2D eigenvalue weighted by Crippen LogP contribution is 2.23. The molecule has 3 rings (SSSR count). The molecule has 1 heterocycles. The van der Waals surface area contributed by atoms with Crippen LogP contribution in [-0.4, -0.2) is 31.9 Å². The number of nitrogens with zero attached hydrogens (tertiary/aromatic N) is 1. The fraction of sp³-hybridized carbons (Fsp3) is 0.250. The minimum atomic E-state index is -3.64. The third-order valence-corrected chi connectivity index (χ3v) is 6.28. The molecule has 0 atom stereocenters. The smallest absolute Gasteiger partial charge is 0.239 e. The van der Waals surface area contributed by atoms with Gasteiger partial charge in [0, 0.05) is 23.0 Å². The van der Waals surface area contributed by atoms with E-state index in [2.05, 4.69) is 21.2 Å². The van der Waals surface area contributed by atoms with Crippen molar-refractivity contribution in [1.29, 1.82) is 0 Å². The van der Waals surface area contributed by atoms with Crippen molar-refractivity contribution in [2.75, 3.05) is 16.0 Å². The van der Waals surface area contributed by atoms with Crippen molar-refractivity contribution >= 4 is 54.9 Å². The molecular weight excluding hydrogens is 460 g/mol. The largest absolute Gasteiger partial charge is 0.325 e. The maximum absolute atomic E-state index is 12.3. The summed E-state index contributed by atoms with van der Waals surface area (Å²) < 4.78 is 25.3. The zero-order valence-corrected chi connectivity index (χ0v) is 17.8. The van der Waals surface area contributed by atoms with Crippen molar-refractivity contribution in [3.8, 4) is 0 Å². The first kappa shape index (κ1) is 21.2. The highest BCUT2D eigenvalue weighted by Gasteiger charge is 2.27. The fourth-order valence-electron chi connectivity index (χ4n) is 3.06. The van der Waals surface area contributed by atoms with Gasteiger partial charge < -0.3 is 5.32 Å². The number of piperidine rings is 1. The Morgan fingerprint density at radius 1 is 1.03 bits per heavy atom. The second-order valence-corrected chi connectivity index (χ2v) is 9.71. The van der Waals surface area contributed by atoms with Crippen LogP contribution in [0.2, 0.25) is 0 Å². The Morgan fingerprint density at radius 2 is 1.69 bits per heavy atom. The number of imide groups is 1. The number of rotatable bonds is 6. The van der Waals surface area contributed by atoms with Crippen molar-refractivity contribution in [2.45, 2.75) is 25.0 Å².